The largest absolute Gasteiger partial charge is 0.345 e. The highest BCUT2D eigenvalue weighted by Crippen LogP contribution is 2.32. The van der Waals surface area contributed by atoms with Crippen LogP contribution in [0.1, 0.15) is 29.6 Å². The van der Waals surface area contributed by atoms with Crippen molar-refractivity contribution >= 4 is 22.7 Å². The zero-order valence-corrected chi connectivity index (χ0v) is 13.9. The number of fused-ring (bicyclic) bond motifs is 3. The van der Waals surface area contributed by atoms with Gasteiger partial charge in [-0.15, -0.1) is 0 Å². The van der Waals surface area contributed by atoms with Crippen LogP contribution in [0.5, 0.6) is 0 Å². The molecule has 4 nitrogen and oxygen atoms in total. The summed E-state index contributed by atoms with van der Waals surface area (Å²) in [5.41, 5.74) is 6.67. The van der Waals surface area contributed by atoms with E-state index in [1.807, 2.05) is 6.20 Å². The molecule has 23 heavy (non-hydrogen) atoms. The number of hydrogen-bond donors (Lipinski definition) is 1. The Morgan fingerprint density at radius 3 is 3.00 bits per heavy atom. The summed E-state index contributed by atoms with van der Waals surface area (Å²) in [5, 5.41) is 1.38. The average Bonchev–Trinajstić information content (AvgIpc) is 3.15. The molecule has 0 aliphatic carbocycles. The monoisotopic (exact) mass is 306 g/mol. The predicted octanol–water partition coefficient (Wildman–Crippen LogP) is 3.68. The minimum absolute atomic E-state index is 0.931. The maximum Gasteiger partial charge on any atom is 0.134 e. The number of aromatic amines is 1. The number of rotatable bonds is 2. The second-order valence-corrected chi connectivity index (χ2v) is 6.55. The molecule has 0 atom stereocenters. The molecule has 0 spiro atoms. The molecule has 1 aromatic carbocycles. The van der Waals surface area contributed by atoms with Crippen LogP contribution in [0.15, 0.2) is 30.6 Å². The number of imidazole rings is 1. The topological polar surface area (TPSA) is 36.9 Å². The van der Waals surface area contributed by atoms with E-state index in [9.17, 15) is 0 Å². The van der Waals surface area contributed by atoms with Gasteiger partial charge >= 0.3 is 0 Å². The van der Waals surface area contributed by atoms with Crippen molar-refractivity contribution in [1.82, 2.24) is 19.4 Å². The van der Waals surface area contributed by atoms with E-state index < -0.39 is 0 Å². The van der Waals surface area contributed by atoms with Crippen LogP contribution in [0.2, 0.25) is 0 Å². The van der Waals surface area contributed by atoms with Gasteiger partial charge in [-0.05, 0) is 38.6 Å². The molecular weight excluding hydrogens is 284 g/mol. The molecule has 0 saturated heterocycles. The van der Waals surface area contributed by atoms with Gasteiger partial charge in [-0.25, -0.2) is 4.98 Å². The summed E-state index contributed by atoms with van der Waals surface area (Å²) in [4.78, 5) is 9.96. The molecule has 4 rings (SSSR count). The smallest absolute Gasteiger partial charge is 0.134 e. The molecule has 3 heterocycles. The lowest BCUT2D eigenvalue weighted by molar-refractivity contribution is 0.312. The first-order chi connectivity index (χ1) is 11.1. The van der Waals surface area contributed by atoms with Crippen LogP contribution in [0.25, 0.3) is 22.7 Å². The third kappa shape index (κ3) is 2.39. The van der Waals surface area contributed by atoms with Gasteiger partial charge in [0.15, 0.2) is 0 Å². The van der Waals surface area contributed by atoms with E-state index in [1.54, 1.807) is 6.20 Å². The highest BCUT2D eigenvalue weighted by molar-refractivity contribution is 5.90. The van der Waals surface area contributed by atoms with E-state index in [2.05, 4.69) is 64.7 Å². The quantitative estimate of drug-likeness (QED) is 0.784. The first-order valence-corrected chi connectivity index (χ1v) is 8.12. The van der Waals surface area contributed by atoms with Gasteiger partial charge in [0.1, 0.15) is 5.82 Å². The lowest BCUT2D eigenvalue weighted by Crippen LogP contribution is -2.26. The molecule has 0 radical (unpaired) electrons. The van der Waals surface area contributed by atoms with Gasteiger partial charge in [-0.3, -0.25) is 0 Å². The molecule has 1 aliphatic rings. The molecule has 2 aromatic heterocycles. The molecule has 3 aromatic rings. The Bertz CT molecular complexity index is 884. The minimum atomic E-state index is 0.931. The van der Waals surface area contributed by atoms with Crippen molar-refractivity contribution in [2.24, 2.45) is 0 Å². The van der Waals surface area contributed by atoms with E-state index in [1.165, 1.54) is 27.7 Å². The van der Waals surface area contributed by atoms with Crippen LogP contribution in [0.4, 0.5) is 0 Å². The molecule has 0 fully saturated rings. The zero-order chi connectivity index (χ0) is 16.0. The summed E-state index contributed by atoms with van der Waals surface area (Å²) < 4.78 is 2.37. The normalized spacial score (nSPS) is 16.0. The number of aryl methyl sites for hydroxylation is 1. The van der Waals surface area contributed by atoms with Crippen LogP contribution < -0.4 is 0 Å². The highest BCUT2D eigenvalue weighted by atomic mass is 15.1. The molecule has 1 aliphatic heterocycles. The molecular formula is C19H22N4. The van der Waals surface area contributed by atoms with Crippen LogP contribution in [-0.4, -0.2) is 33.0 Å². The first-order valence-electron chi connectivity index (χ1n) is 8.12. The van der Waals surface area contributed by atoms with Gasteiger partial charge in [0.25, 0.3) is 0 Å². The summed E-state index contributed by atoms with van der Waals surface area (Å²) in [7, 11) is 2.20. The summed E-state index contributed by atoms with van der Waals surface area (Å²) in [6.45, 7) is 6.41. The molecule has 4 heteroatoms. The fourth-order valence-corrected chi connectivity index (χ4v) is 3.52. The summed E-state index contributed by atoms with van der Waals surface area (Å²) in [5.74, 6) is 0.931. The number of H-pyrrole nitrogens is 1. The van der Waals surface area contributed by atoms with E-state index in [0.29, 0.717) is 0 Å². The fraction of sp³-hybridized carbons (Fsp3) is 0.316. The maximum atomic E-state index is 4.37. The Labute approximate surface area is 136 Å². The molecule has 0 saturated carbocycles. The van der Waals surface area contributed by atoms with E-state index in [-0.39, 0.29) is 0 Å². The number of benzene rings is 1. The number of hydrogen-bond acceptors (Lipinski definition) is 2. The number of aromatic nitrogens is 3. The number of nitrogens with zero attached hydrogens (tertiary/aromatic N) is 3. The number of allylic oxidation sites excluding steroid dienone is 1. The van der Waals surface area contributed by atoms with Gasteiger partial charge in [0, 0.05) is 54.8 Å². The SMILES string of the molecule is C/C(=C\n1c2c(c3cc(C)ccc31)CN(C)CC2)c1ncc[nH]1. The fourth-order valence-electron chi connectivity index (χ4n) is 3.52. The Morgan fingerprint density at radius 2 is 2.22 bits per heavy atom. The molecule has 1 N–H and O–H groups in total. The molecule has 118 valence electrons. The Kier molecular flexibility index (Phi) is 3.34. The molecule has 0 amide bonds. The van der Waals surface area contributed by atoms with Gasteiger partial charge in [-0.2, -0.15) is 0 Å². The average molecular weight is 306 g/mol. The Hall–Kier alpha value is -2.33. The van der Waals surface area contributed by atoms with Crippen molar-refractivity contribution in [3.8, 4) is 0 Å². The third-order valence-electron chi connectivity index (χ3n) is 4.73. The number of likely N-dealkylation sites (N-methyl/N-ethyl adjacent to an activating group) is 1. The minimum Gasteiger partial charge on any atom is -0.345 e. The Morgan fingerprint density at radius 1 is 1.35 bits per heavy atom. The summed E-state index contributed by atoms with van der Waals surface area (Å²) in [6, 6.07) is 6.76. The van der Waals surface area contributed by atoms with Gasteiger partial charge in [0.05, 0.1) is 5.52 Å². The predicted molar refractivity (Wildman–Crippen MR) is 95.1 cm³/mol. The highest BCUT2D eigenvalue weighted by Gasteiger charge is 2.21. The van der Waals surface area contributed by atoms with E-state index in [0.717, 1.165) is 30.9 Å². The number of nitrogens with one attached hydrogen (secondary N) is 1. The third-order valence-corrected chi connectivity index (χ3v) is 4.73. The summed E-state index contributed by atoms with van der Waals surface area (Å²) >= 11 is 0. The van der Waals surface area contributed by atoms with Crippen LogP contribution in [-0.2, 0) is 13.0 Å². The second-order valence-electron chi connectivity index (χ2n) is 6.55. The summed E-state index contributed by atoms with van der Waals surface area (Å²) in [6.07, 6.45) is 6.98. The van der Waals surface area contributed by atoms with Gasteiger partial charge in [-0.1, -0.05) is 11.6 Å². The van der Waals surface area contributed by atoms with Crippen molar-refractivity contribution in [2.75, 3.05) is 13.6 Å². The zero-order valence-electron chi connectivity index (χ0n) is 13.9. The Balaban J connectivity index is 1.94. The van der Waals surface area contributed by atoms with Crippen molar-refractivity contribution < 1.29 is 0 Å². The van der Waals surface area contributed by atoms with Crippen LogP contribution >= 0.6 is 0 Å². The maximum absolute atomic E-state index is 4.37. The van der Waals surface area contributed by atoms with Crippen molar-refractivity contribution in [3.05, 3.63) is 53.2 Å². The van der Waals surface area contributed by atoms with Gasteiger partial charge < -0.3 is 14.5 Å². The first kappa shape index (κ1) is 14.3. The van der Waals surface area contributed by atoms with E-state index >= 15 is 0 Å². The van der Waals surface area contributed by atoms with Crippen LogP contribution in [0.3, 0.4) is 0 Å². The van der Waals surface area contributed by atoms with Crippen molar-refractivity contribution in [2.45, 2.75) is 26.8 Å². The standard InChI is InChI=1S/C19H22N4/c1-13-4-5-17-15(10-13)16-12-22(3)9-6-18(16)23(17)11-14(2)19-20-7-8-21-19/h4-5,7-8,10-11H,6,9,12H2,1-3H3,(H,20,21)/b14-11+. The van der Waals surface area contributed by atoms with E-state index in [4.69, 9.17) is 0 Å². The second kappa shape index (κ2) is 5.39. The van der Waals surface area contributed by atoms with Crippen molar-refractivity contribution in [1.29, 1.82) is 0 Å². The molecule has 0 unspecified atom stereocenters. The van der Waals surface area contributed by atoms with Crippen molar-refractivity contribution in [3.63, 3.8) is 0 Å². The lowest BCUT2D eigenvalue weighted by atomic mass is 10.0. The lowest BCUT2D eigenvalue weighted by Gasteiger charge is -2.23. The van der Waals surface area contributed by atoms with Crippen LogP contribution in [0, 0.1) is 6.92 Å². The van der Waals surface area contributed by atoms with Gasteiger partial charge in [0.2, 0.25) is 0 Å². The molecule has 0 bridgehead atoms.